The Morgan fingerprint density at radius 3 is 2.72 bits per heavy atom. The summed E-state index contributed by atoms with van der Waals surface area (Å²) in [6.07, 6.45) is 7.53. The van der Waals surface area contributed by atoms with Crippen molar-refractivity contribution in [2.75, 3.05) is 26.8 Å². The SMILES string of the molecule is COc1cc(C(=O)N2CCC3(CCCCc4ccccc4OC[C@H](CC(C)C)NC3=O)CC2)ccn1. The van der Waals surface area contributed by atoms with Gasteiger partial charge in [-0.25, -0.2) is 4.98 Å². The molecule has 7 heteroatoms. The van der Waals surface area contributed by atoms with Crippen LogP contribution in [0.1, 0.15) is 68.3 Å². The molecule has 36 heavy (non-hydrogen) atoms. The molecule has 1 N–H and O–H groups in total. The summed E-state index contributed by atoms with van der Waals surface area (Å²) in [5, 5.41) is 3.36. The second kappa shape index (κ2) is 11.8. The summed E-state index contributed by atoms with van der Waals surface area (Å²) in [4.78, 5) is 32.9. The van der Waals surface area contributed by atoms with Crippen molar-refractivity contribution >= 4 is 11.8 Å². The predicted molar refractivity (Wildman–Crippen MR) is 139 cm³/mol. The van der Waals surface area contributed by atoms with Crippen LogP contribution in [0.2, 0.25) is 0 Å². The van der Waals surface area contributed by atoms with Crippen LogP contribution in [-0.4, -0.2) is 54.5 Å². The molecule has 1 atom stereocenters. The fourth-order valence-electron chi connectivity index (χ4n) is 5.46. The van der Waals surface area contributed by atoms with E-state index in [9.17, 15) is 9.59 Å². The van der Waals surface area contributed by atoms with Crippen molar-refractivity contribution in [2.24, 2.45) is 11.3 Å². The number of aryl methyl sites for hydroxylation is 1. The third kappa shape index (κ3) is 6.18. The van der Waals surface area contributed by atoms with Crippen LogP contribution in [0, 0.1) is 11.3 Å². The number of nitrogens with one attached hydrogen (secondary N) is 1. The molecule has 0 unspecified atom stereocenters. The number of para-hydroxylation sites is 1. The van der Waals surface area contributed by atoms with Gasteiger partial charge in [0, 0.05) is 30.9 Å². The average molecular weight is 494 g/mol. The number of ether oxygens (including phenoxy) is 2. The van der Waals surface area contributed by atoms with Gasteiger partial charge in [0.1, 0.15) is 12.4 Å². The van der Waals surface area contributed by atoms with Gasteiger partial charge in [-0.2, -0.15) is 0 Å². The number of nitrogens with zero attached hydrogens (tertiary/aromatic N) is 2. The largest absolute Gasteiger partial charge is 0.491 e. The van der Waals surface area contributed by atoms with Crippen LogP contribution in [0.25, 0.3) is 0 Å². The summed E-state index contributed by atoms with van der Waals surface area (Å²) in [6.45, 7) is 5.93. The number of benzene rings is 1. The van der Waals surface area contributed by atoms with Gasteiger partial charge in [0.05, 0.1) is 18.6 Å². The number of hydrogen-bond acceptors (Lipinski definition) is 5. The van der Waals surface area contributed by atoms with Gasteiger partial charge < -0.3 is 19.7 Å². The zero-order valence-electron chi connectivity index (χ0n) is 21.8. The lowest BCUT2D eigenvalue weighted by Gasteiger charge is -2.42. The molecule has 2 amide bonds. The van der Waals surface area contributed by atoms with E-state index >= 15 is 0 Å². The van der Waals surface area contributed by atoms with E-state index in [1.165, 1.54) is 5.56 Å². The molecule has 0 aliphatic carbocycles. The summed E-state index contributed by atoms with van der Waals surface area (Å²) in [5.74, 6) is 1.86. The lowest BCUT2D eigenvalue weighted by molar-refractivity contribution is -0.135. The molecule has 2 aliphatic rings. The minimum atomic E-state index is -0.458. The number of amides is 2. The van der Waals surface area contributed by atoms with Crippen LogP contribution in [-0.2, 0) is 11.2 Å². The number of rotatable bonds is 4. The first-order valence-electron chi connectivity index (χ1n) is 13.2. The molecule has 2 aromatic rings. The number of carbonyl (C=O) groups excluding carboxylic acids is 2. The number of fused-ring (bicyclic) bond motifs is 1. The molecule has 2 aliphatic heterocycles. The number of pyridine rings is 1. The predicted octanol–water partition coefficient (Wildman–Crippen LogP) is 4.65. The monoisotopic (exact) mass is 493 g/mol. The van der Waals surface area contributed by atoms with Crippen molar-refractivity contribution < 1.29 is 19.1 Å². The Bertz CT molecular complexity index is 1050. The summed E-state index contributed by atoms with van der Waals surface area (Å²) < 4.78 is 11.4. The summed E-state index contributed by atoms with van der Waals surface area (Å²) in [6, 6.07) is 11.6. The van der Waals surface area contributed by atoms with E-state index in [4.69, 9.17) is 9.47 Å². The van der Waals surface area contributed by atoms with Crippen LogP contribution >= 0.6 is 0 Å². The number of hydrogen-bond donors (Lipinski definition) is 1. The normalized spacial score (nSPS) is 20.5. The Hall–Kier alpha value is -3.09. The molecule has 194 valence electrons. The Kier molecular flexibility index (Phi) is 8.49. The van der Waals surface area contributed by atoms with Gasteiger partial charge in [-0.3, -0.25) is 9.59 Å². The number of methoxy groups -OCH3 is 1. The quantitative estimate of drug-likeness (QED) is 0.671. The second-order valence-corrected chi connectivity index (χ2v) is 10.6. The molecule has 1 aromatic carbocycles. The molecule has 1 spiro atoms. The van der Waals surface area contributed by atoms with Crippen LogP contribution in [0.3, 0.4) is 0 Å². The van der Waals surface area contributed by atoms with Crippen molar-refractivity contribution in [2.45, 2.75) is 64.8 Å². The maximum Gasteiger partial charge on any atom is 0.254 e. The average Bonchev–Trinajstić information content (AvgIpc) is 2.89. The van der Waals surface area contributed by atoms with E-state index in [-0.39, 0.29) is 17.9 Å². The first kappa shape index (κ1) is 26.0. The van der Waals surface area contributed by atoms with Gasteiger partial charge >= 0.3 is 0 Å². The molecule has 3 heterocycles. The van der Waals surface area contributed by atoms with E-state index < -0.39 is 5.41 Å². The molecule has 1 saturated heterocycles. The standard InChI is InChI=1S/C29H39N3O4/c1-21(2)18-24-20-36-25-10-5-4-8-22(25)9-6-7-12-29(28(34)31-24)13-16-32(17-14-29)27(33)23-11-15-30-26(19-23)35-3/h4-5,8,10-11,15,19,21,24H,6-7,9,12-14,16-18,20H2,1-3H3,(H,31,34)/t24-/m0/s1. The maximum atomic E-state index is 13.8. The van der Waals surface area contributed by atoms with Crippen molar-refractivity contribution in [1.29, 1.82) is 0 Å². The van der Waals surface area contributed by atoms with E-state index in [1.807, 2.05) is 17.0 Å². The fourth-order valence-corrected chi connectivity index (χ4v) is 5.46. The highest BCUT2D eigenvalue weighted by molar-refractivity contribution is 5.94. The van der Waals surface area contributed by atoms with E-state index in [2.05, 4.69) is 36.3 Å². The highest BCUT2D eigenvalue weighted by Gasteiger charge is 2.42. The fraction of sp³-hybridized carbons (Fsp3) is 0.552. The molecule has 1 aromatic heterocycles. The topological polar surface area (TPSA) is 80.8 Å². The van der Waals surface area contributed by atoms with Crippen LogP contribution in [0.5, 0.6) is 11.6 Å². The van der Waals surface area contributed by atoms with E-state index in [0.29, 0.717) is 49.9 Å². The zero-order valence-corrected chi connectivity index (χ0v) is 21.8. The van der Waals surface area contributed by atoms with Gasteiger partial charge in [-0.15, -0.1) is 0 Å². The van der Waals surface area contributed by atoms with Crippen molar-refractivity contribution in [1.82, 2.24) is 15.2 Å². The second-order valence-electron chi connectivity index (χ2n) is 10.6. The third-order valence-corrected chi connectivity index (χ3v) is 7.54. The summed E-state index contributed by atoms with van der Waals surface area (Å²) in [7, 11) is 1.54. The van der Waals surface area contributed by atoms with Crippen molar-refractivity contribution in [3.63, 3.8) is 0 Å². The first-order valence-corrected chi connectivity index (χ1v) is 13.2. The number of likely N-dealkylation sites (tertiary alicyclic amines) is 1. The molecule has 4 rings (SSSR count). The molecular weight excluding hydrogens is 454 g/mol. The molecule has 0 radical (unpaired) electrons. The van der Waals surface area contributed by atoms with Crippen LogP contribution in [0.15, 0.2) is 42.6 Å². The van der Waals surface area contributed by atoms with E-state index in [1.54, 1.807) is 25.4 Å². The zero-order chi connectivity index (χ0) is 25.5. The van der Waals surface area contributed by atoms with Crippen LogP contribution < -0.4 is 14.8 Å². The lowest BCUT2D eigenvalue weighted by Crippen LogP contribution is -2.53. The molecular formula is C29H39N3O4. The minimum absolute atomic E-state index is 0.0400. The smallest absolute Gasteiger partial charge is 0.254 e. The molecule has 0 saturated carbocycles. The Balaban J connectivity index is 1.49. The maximum absolute atomic E-state index is 13.8. The van der Waals surface area contributed by atoms with Gasteiger partial charge in [0.2, 0.25) is 11.8 Å². The Morgan fingerprint density at radius 2 is 1.97 bits per heavy atom. The molecule has 0 bridgehead atoms. The molecule has 1 fully saturated rings. The van der Waals surface area contributed by atoms with Crippen LogP contribution in [0.4, 0.5) is 0 Å². The lowest BCUT2D eigenvalue weighted by atomic mass is 9.73. The van der Waals surface area contributed by atoms with E-state index in [0.717, 1.165) is 37.9 Å². The van der Waals surface area contributed by atoms with Crippen molar-refractivity contribution in [3.05, 3.63) is 53.7 Å². The highest BCUT2D eigenvalue weighted by atomic mass is 16.5. The number of piperidine rings is 1. The van der Waals surface area contributed by atoms with Gasteiger partial charge in [0.25, 0.3) is 5.91 Å². The number of carbonyl (C=O) groups is 2. The first-order chi connectivity index (χ1) is 17.4. The third-order valence-electron chi connectivity index (χ3n) is 7.54. The summed E-state index contributed by atoms with van der Waals surface area (Å²) >= 11 is 0. The van der Waals surface area contributed by atoms with Gasteiger partial charge in [0.15, 0.2) is 0 Å². The Morgan fingerprint density at radius 1 is 1.19 bits per heavy atom. The minimum Gasteiger partial charge on any atom is -0.491 e. The number of aromatic nitrogens is 1. The Labute approximate surface area is 214 Å². The highest BCUT2D eigenvalue weighted by Crippen LogP contribution is 2.38. The van der Waals surface area contributed by atoms with Gasteiger partial charge in [-0.1, -0.05) is 38.5 Å². The van der Waals surface area contributed by atoms with Crippen molar-refractivity contribution in [3.8, 4) is 11.6 Å². The molecule has 7 nitrogen and oxygen atoms in total. The van der Waals surface area contributed by atoms with Gasteiger partial charge in [-0.05, 0) is 62.1 Å². The summed E-state index contributed by atoms with van der Waals surface area (Å²) in [5.41, 5.74) is 1.34.